The molecule has 0 aliphatic heterocycles. The summed E-state index contributed by atoms with van der Waals surface area (Å²) in [6.07, 6.45) is 3.15. The molecule has 0 fully saturated rings. The number of carbonyl (C=O) groups is 1. The molecule has 0 saturated heterocycles. The van der Waals surface area contributed by atoms with E-state index in [1.54, 1.807) is 30.7 Å². The van der Waals surface area contributed by atoms with Crippen LogP contribution in [0.2, 0.25) is 0 Å². The molecular formula is C12H12N2O3. The summed E-state index contributed by atoms with van der Waals surface area (Å²) >= 11 is 0. The topological polar surface area (TPSA) is 88.5 Å². The van der Waals surface area contributed by atoms with Crippen LogP contribution in [-0.2, 0) is 6.54 Å². The summed E-state index contributed by atoms with van der Waals surface area (Å²) in [6.45, 7) is 0.463. The van der Waals surface area contributed by atoms with Gasteiger partial charge in [-0.15, -0.1) is 0 Å². The molecular weight excluding hydrogens is 220 g/mol. The van der Waals surface area contributed by atoms with Gasteiger partial charge in [-0.05, 0) is 18.2 Å². The van der Waals surface area contributed by atoms with Crippen molar-refractivity contribution in [2.24, 2.45) is 0 Å². The highest BCUT2D eigenvalue weighted by Gasteiger charge is 2.12. The molecule has 0 amide bonds. The Kier molecular flexibility index (Phi) is 3.00. The summed E-state index contributed by atoms with van der Waals surface area (Å²) in [6, 6.07) is 6.58. The Labute approximate surface area is 97.9 Å². The minimum absolute atomic E-state index is 0.161. The second-order valence-corrected chi connectivity index (χ2v) is 3.56. The zero-order valence-electron chi connectivity index (χ0n) is 9.01. The minimum Gasteiger partial charge on any atom is -0.478 e. The Balaban J connectivity index is 2.22. The molecule has 5 heteroatoms. The summed E-state index contributed by atoms with van der Waals surface area (Å²) in [4.78, 5) is 11.0. The largest absolute Gasteiger partial charge is 0.478 e. The first-order chi connectivity index (χ1) is 8.18. The summed E-state index contributed by atoms with van der Waals surface area (Å²) in [7, 11) is 0. The van der Waals surface area contributed by atoms with E-state index in [9.17, 15) is 4.79 Å². The lowest BCUT2D eigenvalue weighted by molar-refractivity contribution is 0.0698. The lowest BCUT2D eigenvalue weighted by Crippen LogP contribution is -2.08. The van der Waals surface area contributed by atoms with E-state index in [2.05, 4.69) is 5.32 Å². The molecule has 2 aromatic rings. The third-order valence-electron chi connectivity index (χ3n) is 2.38. The number of para-hydroxylation sites is 1. The number of hydrogen-bond acceptors (Lipinski definition) is 4. The zero-order chi connectivity index (χ0) is 12.3. The smallest absolute Gasteiger partial charge is 0.337 e. The Morgan fingerprint density at radius 1 is 1.41 bits per heavy atom. The summed E-state index contributed by atoms with van der Waals surface area (Å²) < 4.78 is 4.92. The van der Waals surface area contributed by atoms with Gasteiger partial charge in [0.05, 0.1) is 29.5 Å². The van der Waals surface area contributed by atoms with Crippen molar-refractivity contribution in [3.63, 3.8) is 0 Å². The Morgan fingerprint density at radius 3 is 2.88 bits per heavy atom. The van der Waals surface area contributed by atoms with E-state index in [1.165, 1.54) is 6.07 Å². The minimum atomic E-state index is -1.01. The number of nitrogens with one attached hydrogen (secondary N) is 1. The van der Waals surface area contributed by atoms with Crippen LogP contribution in [0.15, 0.2) is 41.2 Å². The number of nitrogen functional groups attached to an aromatic ring is 1. The zero-order valence-corrected chi connectivity index (χ0v) is 9.01. The van der Waals surface area contributed by atoms with Crippen LogP contribution in [-0.4, -0.2) is 11.1 Å². The van der Waals surface area contributed by atoms with Gasteiger partial charge < -0.3 is 20.6 Å². The number of anilines is 2. The van der Waals surface area contributed by atoms with E-state index in [1.807, 2.05) is 0 Å². The number of carboxylic acid groups (broad SMARTS) is 1. The first-order valence-electron chi connectivity index (χ1n) is 5.05. The predicted octanol–water partition coefficient (Wildman–Crippen LogP) is 2.17. The molecule has 1 aromatic carbocycles. The van der Waals surface area contributed by atoms with E-state index in [0.29, 0.717) is 17.9 Å². The SMILES string of the molecule is Nc1cccc(C(=O)O)c1NCc1ccoc1. The molecule has 5 nitrogen and oxygen atoms in total. The van der Waals surface area contributed by atoms with Gasteiger partial charge in [0.1, 0.15) is 0 Å². The van der Waals surface area contributed by atoms with Crippen LogP contribution in [0.1, 0.15) is 15.9 Å². The van der Waals surface area contributed by atoms with Gasteiger partial charge in [0.2, 0.25) is 0 Å². The quantitative estimate of drug-likeness (QED) is 0.703. The van der Waals surface area contributed by atoms with Gasteiger partial charge in [-0.25, -0.2) is 4.79 Å². The first-order valence-corrected chi connectivity index (χ1v) is 5.05. The van der Waals surface area contributed by atoms with Crippen molar-refractivity contribution in [1.82, 2.24) is 0 Å². The van der Waals surface area contributed by atoms with Gasteiger partial charge >= 0.3 is 5.97 Å². The highest BCUT2D eigenvalue weighted by atomic mass is 16.4. The van der Waals surface area contributed by atoms with Crippen LogP contribution in [0.3, 0.4) is 0 Å². The summed E-state index contributed by atoms with van der Waals surface area (Å²) in [5.74, 6) is -1.01. The fraction of sp³-hybridized carbons (Fsp3) is 0.0833. The van der Waals surface area contributed by atoms with Crippen molar-refractivity contribution in [3.05, 3.63) is 47.9 Å². The molecule has 1 aromatic heterocycles. The number of benzene rings is 1. The molecule has 4 N–H and O–H groups in total. The maximum Gasteiger partial charge on any atom is 0.337 e. The van der Waals surface area contributed by atoms with Crippen LogP contribution < -0.4 is 11.1 Å². The number of hydrogen-bond donors (Lipinski definition) is 3. The molecule has 0 radical (unpaired) electrons. The number of carboxylic acids is 1. The van der Waals surface area contributed by atoms with Gasteiger partial charge in [0.15, 0.2) is 0 Å². The van der Waals surface area contributed by atoms with E-state index < -0.39 is 5.97 Å². The first kappa shape index (κ1) is 11.1. The Bertz CT molecular complexity index is 521. The van der Waals surface area contributed by atoms with Gasteiger partial charge in [-0.2, -0.15) is 0 Å². The molecule has 0 aliphatic carbocycles. The maximum atomic E-state index is 11.0. The third kappa shape index (κ3) is 2.39. The van der Waals surface area contributed by atoms with Gasteiger partial charge in [0, 0.05) is 12.1 Å². The van der Waals surface area contributed by atoms with Crippen molar-refractivity contribution < 1.29 is 14.3 Å². The van der Waals surface area contributed by atoms with Gasteiger partial charge in [-0.3, -0.25) is 0 Å². The monoisotopic (exact) mass is 232 g/mol. The second-order valence-electron chi connectivity index (χ2n) is 3.56. The molecule has 0 saturated carbocycles. The van der Waals surface area contributed by atoms with Crippen molar-refractivity contribution in [1.29, 1.82) is 0 Å². The highest BCUT2D eigenvalue weighted by molar-refractivity contribution is 5.97. The van der Waals surface area contributed by atoms with Crippen molar-refractivity contribution >= 4 is 17.3 Å². The molecule has 0 atom stereocenters. The average molecular weight is 232 g/mol. The average Bonchev–Trinajstić information content (AvgIpc) is 2.80. The normalized spacial score (nSPS) is 10.1. The number of nitrogens with two attached hydrogens (primary N) is 1. The molecule has 1 heterocycles. The molecule has 88 valence electrons. The van der Waals surface area contributed by atoms with Crippen molar-refractivity contribution in [2.75, 3.05) is 11.1 Å². The molecule has 2 rings (SSSR count). The molecule has 17 heavy (non-hydrogen) atoms. The van der Waals surface area contributed by atoms with E-state index in [0.717, 1.165) is 5.56 Å². The summed E-state index contributed by atoms with van der Waals surface area (Å²) in [5.41, 5.74) is 7.67. The van der Waals surface area contributed by atoms with Gasteiger partial charge in [0.25, 0.3) is 0 Å². The third-order valence-corrected chi connectivity index (χ3v) is 2.38. The van der Waals surface area contributed by atoms with Crippen LogP contribution >= 0.6 is 0 Å². The molecule has 0 unspecified atom stereocenters. The Morgan fingerprint density at radius 2 is 2.24 bits per heavy atom. The molecule has 0 aliphatic rings. The van der Waals surface area contributed by atoms with Crippen molar-refractivity contribution in [3.8, 4) is 0 Å². The second kappa shape index (κ2) is 4.61. The lowest BCUT2D eigenvalue weighted by atomic mass is 10.1. The van der Waals surface area contributed by atoms with E-state index in [4.69, 9.17) is 15.3 Å². The number of furan rings is 1. The fourth-order valence-corrected chi connectivity index (χ4v) is 1.53. The predicted molar refractivity (Wildman–Crippen MR) is 63.8 cm³/mol. The van der Waals surface area contributed by atoms with Crippen LogP contribution in [0, 0.1) is 0 Å². The summed E-state index contributed by atoms with van der Waals surface area (Å²) in [5, 5.41) is 12.0. The standard InChI is InChI=1S/C12H12N2O3/c13-10-3-1-2-9(12(15)16)11(10)14-6-8-4-5-17-7-8/h1-5,7,14H,6,13H2,(H,15,16). The Hall–Kier alpha value is -2.43. The molecule has 0 bridgehead atoms. The number of rotatable bonds is 4. The maximum absolute atomic E-state index is 11.0. The van der Waals surface area contributed by atoms with E-state index >= 15 is 0 Å². The molecule has 0 spiro atoms. The number of aromatic carboxylic acids is 1. The van der Waals surface area contributed by atoms with Crippen molar-refractivity contribution in [2.45, 2.75) is 6.54 Å². The van der Waals surface area contributed by atoms with E-state index in [-0.39, 0.29) is 5.56 Å². The lowest BCUT2D eigenvalue weighted by Gasteiger charge is -2.11. The van der Waals surface area contributed by atoms with Crippen LogP contribution in [0.25, 0.3) is 0 Å². The highest BCUT2D eigenvalue weighted by Crippen LogP contribution is 2.24. The van der Waals surface area contributed by atoms with Crippen LogP contribution in [0.4, 0.5) is 11.4 Å². The van der Waals surface area contributed by atoms with Gasteiger partial charge in [-0.1, -0.05) is 6.07 Å². The van der Waals surface area contributed by atoms with Crippen LogP contribution in [0.5, 0.6) is 0 Å². The fourth-order valence-electron chi connectivity index (χ4n) is 1.53.